The third-order valence-electron chi connectivity index (χ3n) is 5.00. The summed E-state index contributed by atoms with van der Waals surface area (Å²) in [5, 5.41) is 0.791. The molecule has 0 saturated carbocycles. The lowest BCUT2D eigenvalue weighted by atomic mass is 10.0. The molecule has 0 atom stereocenters. The number of benzene rings is 2. The number of carbonyl (C=O) groups is 2. The molecule has 1 saturated heterocycles. The van der Waals surface area contributed by atoms with Crippen molar-refractivity contribution in [1.29, 1.82) is 0 Å². The molecule has 1 amide bonds. The first-order chi connectivity index (χ1) is 12.6. The molecule has 4 rings (SSSR count). The van der Waals surface area contributed by atoms with E-state index >= 15 is 0 Å². The van der Waals surface area contributed by atoms with E-state index in [4.69, 9.17) is 0 Å². The van der Waals surface area contributed by atoms with Crippen molar-refractivity contribution in [2.75, 3.05) is 33.2 Å². The molecule has 0 bridgehead atoms. The summed E-state index contributed by atoms with van der Waals surface area (Å²) in [5.74, 6) is -0.0136. The van der Waals surface area contributed by atoms with Gasteiger partial charge < -0.3 is 14.8 Å². The number of ketones is 1. The van der Waals surface area contributed by atoms with Gasteiger partial charge in [-0.2, -0.15) is 0 Å². The number of aromatic nitrogens is 1. The monoisotopic (exact) mass is 347 g/mol. The Balaban J connectivity index is 1.66. The average molecular weight is 347 g/mol. The third-order valence-corrected chi connectivity index (χ3v) is 5.00. The van der Waals surface area contributed by atoms with E-state index in [9.17, 15) is 9.59 Å². The van der Waals surface area contributed by atoms with Crippen LogP contribution in [0.5, 0.6) is 0 Å². The van der Waals surface area contributed by atoms with E-state index in [1.165, 1.54) is 0 Å². The zero-order valence-corrected chi connectivity index (χ0v) is 14.7. The van der Waals surface area contributed by atoms with Crippen molar-refractivity contribution >= 4 is 22.6 Å². The van der Waals surface area contributed by atoms with Crippen molar-refractivity contribution in [2.45, 2.75) is 0 Å². The number of amides is 1. The highest BCUT2D eigenvalue weighted by molar-refractivity contribution is 6.17. The first kappa shape index (κ1) is 16.5. The van der Waals surface area contributed by atoms with Crippen LogP contribution in [-0.4, -0.2) is 59.7 Å². The molecule has 3 aromatic rings. The molecule has 2 heterocycles. The fraction of sp³-hybridized carbons (Fsp3) is 0.238. The summed E-state index contributed by atoms with van der Waals surface area (Å²) in [6.07, 6.45) is 1.73. The van der Waals surface area contributed by atoms with Gasteiger partial charge in [-0.25, -0.2) is 0 Å². The van der Waals surface area contributed by atoms with Crippen LogP contribution in [-0.2, 0) is 0 Å². The van der Waals surface area contributed by atoms with Gasteiger partial charge in [-0.15, -0.1) is 0 Å². The summed E-state index contributed by atoms with van der Waals surface area (Å²) < 4.78 is 0. The second-order valence-corrected chi connectivity index (χ2v) is 6.75. The Hall–Kier alpha value is -2.92. The quantitative estimate of drug-likeness (QED) is 0.741. The fourth-order valence-electron chi connectivity index (χ4n) is 3.38. The summed E-state index contributed by atoms with van der Waals surface area (Å²) >= 11 is 0. The summed E-state index contributed by atoms with van der Waals surface area (Å²) in [7, 11) is 2.06. The second kappa shape index (κ2) is 6.77. The molecular weight excluding hydrogens is 326 g/mol. The zero-order valence-electron chi connectivity index (χ0n) is 14.7. The molecule has 1 aromatic heterocycles. The van der Waals surface area contributed by atoms with Crippen LogP contribution in [0.2, 0.25) is 0 Å². The van der Waals surface area contributed by atoms with Crippen molar-refractivity contribution in [1.82, 2.24) is 14.8 Å². The van der Waals surface area contributed by atoms with Crippen LogP contribution in [0, 0.1) is 0 Å². The Kier molecular flexibility index (Phi) is 4.31. The molecule has 5 heteroatoms. The van der Waals surface area contributed by atoms with Gasteiger partial charge in [0.25, 0.3) is 5.91 Å². The molecule has 1 N–H and O–H groups in total. The minimum Gasteiger partial charge on any atom is -0.360 e. The first-order valence-electron chi connectivity index (χ1n) is 8.82. The number of carbonyl (C=O) groups excluding carboxylic acids is 2. The number of H-pyrrole nitrogens is 1. The number of nitrogens with zero attached hydrogens (tertiary/aromatic N) is 2. The van der Waals surface area contributed by atoms with E-state index in [2.05, 4.69) is 16.9 Å². The second-order valence-electron chi connectivity index (χ2n) is 6.75. The lowest BCUT2D eigenvalue weighted by Crippen LogP contribution is -2.47. The number of hydrogen-bond donors (Lipinski definition) is 1. The molecule has 0 spiro atoms. The van der Waals surface area contributed by atoms with Gasteiger partial charge in [-0.05, 0) is 25.2 Å². The minimum absolute atomic E-state index is 0.0271. The van der Waals surface area contributed by atoms with Gasteiger partial charge in [-0.3, -0.25) is 9.59 Å². The Morgan fingerprint density at radius 2 is 1.65 bits per heavy atom. The van der Waals surface area contributed by atoms with Crippen LogP contribution in [0.3, 0.4) is 0 Å². The summed E-state index contributed by atoms with van der Waals surface area (Å²) in [6, 6.07) is 14.7. The predicted octanol–water partition coefficient (Wildman–Crippen LogP) is 2.79. The Morgan fingerprint density at radius 3 is 2.38 bits per heavy atom. The average Bonchev–Trinajstić information content (AvgIpc) is 3.11. The number of fused-ring (bicyclic) bond motifs is 1. The van der Waals surface area contributed by atoms with E-state index < -0.39 is 0 Å². The number of aromatic amines is 1. The maximum atomic E-state index is 12.8. The number of nitrogens with one attached hydrogen (secondary N) is 1. The molecule has 5 nitrogen and oxygen atoms in total. The van der Waals surface area contributed by atoms with Gasteiger partial charge in [0.15, 0.2) is 5.78 Å². The molecule has 26 heavy (non-hydrogen) atoms. The number of likely N-dealkylation sites (N-methyl/N-ethyl adjacent to an activating group) is 1. The maximum Gasteiger partial charge on any atom is 0.253 e. The fourth-order valence-corrected chi connectivity index (χ4v) is 3.38. The summed E-state index contributed by atoms with van der Waals surface area (Å²) in [5.41, 5.74) is 2.73. The first-order valence-corrected chi connectivity index (χ1v) is 8.82. The van der Waals surface area contributed by atoms with Crippen LogP contribution in [0.4, 0.5) is 0 Å². The van der Waals surface area contributed by atoms with E-state index in [0.717, 1.165) is 37.1 Å². The standard InChI is InChI=1S/C21H21N3O2/c1-23-9-11-24(12-10-23)21(26)16-7-8-19-17(13-16)18(14-22-19)20(25)15-5-3-2-4-6-15/h2-8,13-14,22H,9-12H2,1H3. The maximum absolute atomic E-state index is 12.8. The normalized spacial score (nSPS) is 15.3. The molecule has 1 aliphatic rings. The number of rotatable bonds is 3. The molecule has 0 unspecified atom stereocenters. The van der Waals surface area contributed by atoms with Crippen molar-refractivity contribution in [2.24, 2.45) is 0 Å². The van der Waals surface area contributed by atoms with Crippen molar-refractivity contribution in [3.8, 4) is 0 Å². The topological polar surface area (TPSA) is 56.4 Å². The van der Waals surface area contributed by atoms with Gasteiger partial charge in [0.2, 0.25) is 0 Å². The smallest absolute Gasteiger partial charge is 0.253 e. The van der Waals surface area contributed by atoms with Crippen LogP contribution < -0.4 is 0 Å². The number of piperazine rings is 1. The van der Waals surface area contributed by atoms with Gasteiger partial charge in [0.05, 0.1) is 0 Å². The lowest BCUT2D eigenvalue weighted by molar-refractivity contribution is 0.0664. The van der Waals surface area contributed by atoms with Gasteiger partial charge in [0.1, 0.15) is 0 Å². The SMILES string of the molecule is CN1CCN(C(=O)c2ccc3[nH]cc(C(=O)c4ccccc4)c3c2)CC1. The van der Waals surface area contributed by atoms with Crippen molar-refractivity contribution in [3.63, 3.8) is 0 Å². The molecule has 2 aromatic carbocycles. The van der Waals surface area contributed by atoms with Crippen molar-refractivity contribution < 1.29 is 9.59 Å². The Morgan fingerprint density at radius 1 is 0.923 bits per heavy atom. The van der Waals surface area contributed by atoms with Crippen LogP contribution >= 0.6 is 0 Å². The van der Waals surface area contributed by atoms with E-state index in [0.29, 0.717) is 16.7 Å². The van der Waals surface area contributed by atoms with E-state index in [1.807, 2.05) is 41.3 Å². The highest BCUT2D eigenvalue weighted by Crippen LogP contribution is 2.23. The van der Waals surface area contributed by atoms with Gasteiger partial charge in [0, 0.05) is 60.0 Å². The van der Waals surface area contributed by atoms with Crippen molar-refractivity contribution in [3.05, 3.63) is 71.4 Å². The molecule has 0 radical (unpaired) electrons. The third kappa shape index (κ3) is 3.02. The molecule has 132 valence electrons. The molecule has 1 fully saturated rings. The summed E-state index contributed by atoms with van der Waals surface area (Å²) in [4.78, 5) is 32.9. The Labute approximate surface area is 152 Å². The van der Waals surface area contributed by atoms with E-state index in [1.54, 1.807) is 18.3 Å². The van der Waals surface area contributed by atoms with Gasteiger partial charge in [-0.1, -0.05) is 30.3 Å². The van der Waals surface area contributed by atoms with Crippen LogP contribution in [0.1, 0.15) is 26.3 Å². The largest absolute Gasteiger partial charge is 0.360 e. The molecule has 0 aliphatic carbocycles. The highest BCUT2D eigenvalue weighted by atomic mass is 16.2. The number of hydrogen-bond acceptors (Lipinski definition) is 3. The van der Waals surface area contributed by atoms with Gasteiger partial charge >= 0.3 is 0 Å². The minimum atomic E-state index is -0.0407. The lowest BCUT2D eigenvalue weighted by Gasteiger charge is -2.32. The van der Waals surface area contributed by atoms with Crippen LogP contribution in [0.15, 0.2) is 54.7 Å². The molecule has 1 aliphatic heterocycles. The predicted molar refractivity (Wildman–Crippen MR) is 102 cm³/mol. The Bertz CT molecular complexity index is 954. The zero-order chi connectivity index (χ0) is 18.1. The summed E-state index contributed by atoms with van der Waals surface area (Å²) in [6.45, 7) is 3.23. The van der Waals surface area contributed by atoms with E-state index in [-0.39, 0.29) is 11.7 Å². The highest BCUT2D eigenvalue weighted by Gasteiger charge is 2.22. The molecular formula is C21H21N3O2. The van der Waals surface area contributed by atoms with Crippen LogP contribution in [0.25, 0.3) is 10.9 Å².